The molecule has 0 aliphatic carbocycles. The van der Waals surface area contributed by atoms with E-state index in [1.54, 1.807) is 0 Å². The molecule has 1 aromatic rings. The van der Waals surface area contributed by atoms with Crippen LogP contribution in [0.3, 0.4) is 0 Å². The number of benzene rings is 1. The van der Waals surface area contributed by atoms with Crippen molar-refractivity contribution in [2.75, 3.05) is 0 Å². The van der Waals surface area contributed by atoms with E-state index in [0.717, 1.165) is 0 Å². The molecule has 0 aliphatic heterocycles. The molecule has 1 amide bonds. The number of halogens is 1. The summed E-state index contributed by atoms with van der Waals surface area (Å²) in [7, 11) is 0. The van der Waals surface area contributed by atoms with E-state index in [9.17, 15) is 9.59 Å². The molecule has 0 saturated carbocycles. The van der Waals surface area contributed by atoms with E-state index < -0.39 is 5.91 Å². The summed E-state index contributed by atoms with van der Waals surface area (Å²) in [5, 5.41) is 8.70. The van der Waals surface area contributed by atoms with Crippen LogP contribution >= 0.6 is 22.6 Å². The van der Waals surface area contributed by atoms with Crippen LogP contribution in [0.25, 0.3) is 0 Å². The Morgan fingerprint density at radius 1 is 1.57 bits per heavy atom. The van der Waals surface area contributed by atoms with Crippen LogP contribution in [-0.2, 0) is 0 Å². The predicted octanol–water partition coefficient (Wildman–Crippen LogP) is 1.07. The molecular weight excluding hydrogens is 295 g/mol. The Morgan fingerprint density at radius 2 is 2.21 bits per heavy atom. The molecule has 0 aromatic heterocycles. The Morgan fingerprint density at radius 3 is 2.64 bits per heavy atom. The molecule has 0 fully saturated rings. The normalized spacial score (nSPS) is 9.14. The lowest BCUT2D eigenvalue weighted by Gasteiger charge is -2.02. The van der Waals surface area contributed by atoms with Gasteiger partial charge in [-0.1, -0.05) is 0 Å². The van der Waals surface area contributed by atoms with Crippen molar-refractivity contribution in [2.24, 2.45) is 5.73 Å². The lowest BCUT2D eigenvalue weighted by atomic mass is 10.1. The molecule has 4 nitrogen and oxygen atoms in total. The first-order valence-electron chi connectivity index (χ1n) is 3.58. The van der Waals surface area contributed by atoms with Gasteiger partial charge in [-0.3, -0.25) is 9.59 Å². The summed E-state index contributed by atoms with van der Waals surface area (Å²) in [4.78, 5) is 21.5. The summed E-state index contributed by atoms with van der Waals surface area (Å²) < 4.78 is 0.602. The highest BCUT2D eigenvalue weighted by atomic mass is 127. The van der Waals surface area contributed by atoms with E-state index >= 15 is 0 Å². The fourth-order valence-corrected chi connectivity index (χ4v) is 1.57. The molecule has 70 valence electrons. The molecular formula is C9H5IN2O2. The largest absolute Gasteiger partial charge is 0.366 e. The van der Waals surface area contributed by atoms with Gasteiger partial charge < -0.3 is 5.73 Å². The molecule has 1 aromatic carbocycles. The Balaban J connectivity index is 3.48. The number of nitrogens with two attached hydrogens (primary N) is 1. The molecule has 14 heavy (non-hydrogen) atoms. The third-order valence-corrected chi connectivity index (χ3v) is 2.58. The van der Waals surface area contributed by atoms with Crippen LogP contribution in [0.1, 0.15) is 26.3 Å². The van der Waals surface area contributed by atoms with Gasteiger partial charge in [0.15, 0.2) is 6.29 Å². The molecule has 0 unspecified atom stereocenters. The number of carbonyl (C=O) groups is 2. The fraction of sp³-hybridized carbons (Fsp3) is 0. The molecule has 0 bridgehead atoms. The molecule has 0 spiro atoms. The minimum Gasteiger partial charge on any atom is -0.366 e. The molecule has 5 heteroatoms. The van der Waals surface area contributed by atoms with E-state index in [1.165, 1.54) is 12.1 Å². The summed E-state index contributed by atoms with van der Waals surface area (Å²) in [6.07, 6.45) is 0.632. The van der Waals surface area contributed by atoms with E-state index in [0.29, 0.717) is 15.4 Å². The van der Waals surface area contributed by atoms with Gasteiger partial charge in [-0.15, -0.1) is 0 Å². The second-order valence-electron chi connectivity index (χ2n) is 2.51. The average Bonchev–Trinajstić information content (AvgIpc) is 2.17. The van der Waals surface area contributed by atoms with Crippen LogP contribution in [0.5, 0.6) is 0 Å². The van der Waals surface area contributed by atoms with Crippen molar-refractivity contribution in [1.82, 2.24) is 0 Å². The fourth-order valence-electron chi connectivity index (χ4n) is 0.977. The summed E-state index contributed by atoms with van der Waals surface area (Å²) in [5.74, 6) is -0.670. The van der Waals surface area contributed by atoms with Gasteiger partial charge in [0, 0.05) is 9.13 Å². The number of nitriles is 1. The molecule has 2 N–H and O–H groups in total. The van der Waals surface area contributed by atoms with Crippen molar-refractivity contribution in [1.29, 1.82) is 5.26 Å². The molecule has 0 saturated heterocycles. The van der Waals surface area contributed by atoms with Crippen LogP contribution in [-0.4, -0.2) is 12.2 Å². The second-order valence-corrected chi connectivity index (χ2v) is 3.68. The smallest absolute Gasteiger partial charge is 0.250 e. The Bertz CT molecular complexity index is 449. The Hall–Kier alpha value is -1.42. The number of aldehydes is 1. The number of nitrogens with zero attached hydrogens (tertiary/aromatic N) is 1. The van der Waals surface area contributed by atoms with Crippen molar-refractivity contribution >= 4 is 34.8 Å². The molecule has 1 rings (SSSR count). The molecule has 0 radical (unpaired) electrons. The van der Waals surface area contributed by atoms with Crippen molar-refractivity contribution in [3.05, 3.63) is 32.4 Å². The zero-order valence-corrected chi connectivity index (χ0v) is 9.11. The minimum atomic E-state index is -0.670. The predicted molar refractivity (Wildman–Crippen MR) is 57.8 cm³/mol. The number of carbonyl (C=O) groups excluding carboxylic acids is 2. The monoisotopic (exact) mass is 300 g/mol. The van der Waals surface area contributed by atoms with E-state index in [2.05, 4.69) is 0 Å². The van der Waals surface area contributed by atoms with E-state index in [1.807, 2.05) is 28.7 Å². The zero-order chi connectivity index (χ0) is 10.7. The molecule has 0 atom stereocenters. The maximum absolute atomic E-state index is 10.9. The maximum Gasteiger partial charge on any atom is 0.250 e. The number of rotatable bonds is 2. The highest BCUT2D eigenvalue weighted by molar-refractivity contribution is 14.1. The highest BCUT2D eigenvalue weighted by Crippen LogP contribution is 2.16. The molecule has 0 heterocycles. The van der Waals surface area contributed by atoms with Crippen LogP contribution in [0.15, 0.2) is 12.1 Å². The lowest BCUT2D eigenvalue weighted by molar-refractivity contribution is 0.0999. The first-order valence-corrected chi connectivity index (χ1v) is 4.66. The highest BCUT2D eigenvalue weighted by Gasteiger charge is 2.11. The van der Waals surface area contributed by atoms with Crippen LogP contribution < -0.4 is 5.73 Å². The van der Waals surface area contributed by atoms with Gasteiger partial charge in [0.05, 0.1) is 17.2 Å². The Kier molecular flexibility index (Phi) is 3.19. The van der Waals surface area contributed by atoms with Crippen LogP contribution in [0.2, 0.25) is 0 Å². The van der Waals surface area contributed by atoms with Gasteiger partial charge in [-0.2, -0.15) is 5.26 Å². The van der Waals surface area contributed by atoms with E-state index in [-0.39, 0.29) is 11.1 Å². The maximum atomic E-state index is 10.9. The van der Waals surface area contributed by atoms with Gasteiger partial charge in [-0.05, 0) is 34.7 Å². The van der Waals surface area contributed by atoms with Gasteiger partial charge in [0.25, 0.3) is 0 Å². The summed E-state index contributed by atoms with van der Waals surface area (Å²) in [6, 6.07) is 4.61. The first kappa shape index (κ1) is 10.7. The average molecular weight is 300 g/mol. The summed E-state index contributed by atoms with van der Waals surface area (Å²) >= 11 is 1.90. The Labute approximate surface area is 93.8 Å². The molecule has 0 aliphatic rings. The number of hydrogen-bond donors (Lipinski definition) is 1. The lowest BCUT2D eigenvalue weighted by Crippen LogP contribution is -2.13. The van der Waals surface area contributed by atoms with Crippen molar-refractivity contribution in [3.8, 4) is 6.07 Å². The first-order chi connectivity index (χ1) is 6.60. The standard InChI is InChI=1S/C9H5IN2O2/c10-8-2-7(9(12)14)5(3-11)1-6(8)4-13/h1-2,4H,(H2,12,14). The van der Waals surface area contributed by atoms with Gasteiger partial charge in [0.2, 0.25) is 5.91 Å². The number of amides is 1. The third-order valence-electron chi connectivity index (χ3n) is 1.65. The second kappa shape index (κ2) is 4.19. The SMILES string of the molecule is N#Cc1cc(C=O)c(I)cc1C(N)=O. The zero-order valence-electron chi connectivity index (χ0n) is 6.95. The van der Waals surface area contributed by atoms with Crippen LogP contribution in [0, 0.1) is 14.9 Å². The number of hydrogen-bond acceptors (Lipinski definition) is 3. The van der Waals surface area contributed by atoms with Crippen molar-refractivity contribution in [3.63, 3.8) is 0 Å². The van der Waals surface area contributed by atoms with Crippen LogP contribution in [0.4, 0.5) is 0 Å². The number of primary amides is 1. The van der Waals surface area contributed by atoms with Gasteiger partial charge in [0.1, 0.15) is 0 Å². The van der Waals surface area contributed by atoms with Gasteiger partial charge >= 0.3 is 0 Å². The van der Waals surface area contributed by atoms with Crippen molar-refractivity contribution in [2.45, 2.75) is 0 Å². The van der Waals surface area contributed by atoms with Crippen molar-refractivity contribution < 1.29 is 9.59 Å². The quantitative estimate of drug-likeness (QED) is 0.655. The van der Waals surface area contributed by atoms with Gasteiger partial charge in [-0.25, -0.2) is 0 Å². The van der Waals surface area contributed by atoms with E-state index in [4.69, 9.17) is 11.0 Å². The topological polar surface area (TPSA) is 83.9 Å². The third kappa shape index (κ3) is 1.90. The summed E-state index contributed by atoms with van der Waals surface area (Å²) in [5.41, 5.74) is 5.72. The minimum absolute atomic E-state index is 0.125. The summed E-state index contributed by atoms with van der Waals surface area (Å²) in [6.45, 7) is 0.